The number of hydroxylamine groups is 2. The van der Waals surface area contributed by atoms with E-state index in [0.29, 0.717) is 0 Å². The topological polar surface area (TPSA) is 227 Å². The molecular weight excluding hydrogens is 590 g/mol. The monoisotopic (exact) mass is 621 g/mol. The van der Waals surface area contributed by atoms with Crippen molar-refractivity contribution >= 4 is 53.5 Å². The van der Waals surface area contributed by atoms with Gasteiger partial charge >= 0.3 is 29.8 Å². The summed E-state index contributed by atoms with van der Waals surface area (Å²) in [6.07, 6.45) is -1.36. The maximum absolute atomic E-state index is 13.2. The Balaban J connectivity index is 2.45. The quantitative estimate of drug-likeness (QED) is 0.150. The van der Waals surface area contributed by atoms with Gasteiger partial charge in [-0.05, 0) is 31.0 Å². The Morgan fingerprint density at radius 2 is 1.05 bits per heavy atom. The normalized spacial score (nSPS) is 13.7. The van der Waals surface area contributed by atoms with Crippen LogP contribution in [0.15, 0.2) is 18.2 Å². The van der Waals surface area contributed by atoms with Crippen LogP contribution in [0.2, 0.25) is 0 Å². The summed E-state index contributed by atoms with van der Waals surface area (Å²) in [7, 11) is 4.37. The van der Waals surface area contributed by atoms with Crippen molar-refractivity contribution in [3.8, 4) is 0 Å². The van der Waals surface area contributed by atoms with Crippen molar-refractivity contribution in [1.82, 2.24) is 15.7 Å². The summed E-state index contributed by atoms with van der Waals surface area (Å²) in [5.74, 6) is -8.02. The molecule has 1 aliphatic rings. The number of ether oxygens (including phenoxy) is 4. The Morgan fingerprint density at radius 1 is 0.659 bits per heavy atom. The van der Waals surface area contributed by atoms with Crippen LogP contribution in [0, 0.1) is 0 Å². The van der Waals surface area contributed by atoms with Gasteiger partial charge < -0.3 is 34.4 Å². The highest BCUT2D eigenvalue weighted by Crippen LogP contribution is 2.18. The number of carbonyl (C=O) groups is 9. The molecule has 1 aliphatic heterocycles. The molecule has 1 fully saturated rings. The van der Waals surface area contributed by atoms with E-state index in [1.165, 1.54) is 0 Å². The third kappa shape index (κ3) is 9.60. The van der Waals surface area contributed by atoms with Gasteiger partial charge in [-0.25, -0.2) is 14.4 Å². The largest absolute Gasteiger partial charge is 0.469 e. The van der Waals surface area contributed by atoms with Crippen LogP contribution in [-0.2, 0) is 52.6 Å². The van der Waals surface area contributed by atoms with Gasteiger partial charge in [0, 0.05) is 36.8 Å². The minimum absolute atomic E-state index is 0.191. The lowest BCUT2D eigenvalue weighted by molar-refractivity contribution is -0.172. The fourth-order valence-electron chi connectivity index (χ4n) is 3.80. The zero-order chi connectivity index (χ0) is 33.0. The van der Waals surface area contributed by atoms with Crippen LogP contribution in [0.1, 0.15) is 69.6 Å². The van der Waals surface area contributed by atoms with E-state index in [9.17, 15) is 43.2 Å². The summed E-state index contributed by atoms with van der Waals surface area (Å²) in [5, 5.41) is 4.94. The molecular formula is C27H31N3O14. The van der Waals surface area contributed by atoms with E-state index in [2.05, 4.69) is 29.6 Å². The van der Waals surface area contributed by atoms with Gasteiger partial charge in [-0.2, -0.15) is 0 Å². The Hall–Kier alpha value is -5.35. The summed E-state index contributed by atoms with van der Waals surface area (Å²) in [6, 6.07) is 0.242. The number of carbonyl (C=O) groups excluding carboxylic acids is 9. The molecule has 0 unspecified atom stereocenters. The fourth-order valence-corrected chi connectivity index (χ4v) is 3.80. The van der Waals surface area contributed by atoms with Gasteiger partial charge in [0.05, 0.1) is 34.0 Å². The van der Waals surface area contributed by atoms with Crippen LogP contribution in [0.5, 0.6) is 0 Å². The van der Waals surface area contributed by atoms with Gasteiger partial charge in [0.15, 0.2) is 0 Å². The molecule has 4 amide bonds. The molecule has 2 atom stereocenters. The molecule has 0 aromatic heterocycles. The zero-order valence-corrected chi connectivity index (χ0v) is 24.3. The van der Waals surface area contributed by atoms with E-state index < -0.39 is 71.1 Å². The molecule has 1 saturated heterocycles. The molecule has 2 rings (SSSR count). The Labute approximate surface area is 250 Å². The number of hydrogen-bond acceptors (Lipinski definition) is 14. The van der Waals surface area contributed by atoms with Crippen LogP contribution in [0.25, 0.3) is 0 Å². The van der Waals surface area contributed by atoms with Crippen LogP contribution >= 0.6 is 0 Å². The minimum Gasteiger partial charge on any atom is -0.469 e. The SMILES string of the molecule is COC(=O)CC[C@H](NC(=O)c1cc(C(=O)N[C@@H](CCC(=O)OC)C(=O)OC)cc(C(=O)ON2C(=O)CCC2=O)c1)C(=O)OC. The number of rotatable bonds is 14. The summed E-state index contributed by atoms with van der Waals surface area (Å²) in [5.41, 5.74) is -1.22. The lowest BCUT2D eigenvalue weighted by Crippen LogP contribution is -2.43. The molecule has 17 nitrogen and oxygen atoms in total. The van der Waals surface area contributed by atoms with Crippen LogP contribution in [0.3, 0.4) is 0 Å². The van der Waals surface area contributed by atoms with Crippen LogP contribution < -0.4 is 10.6 Å². The van der Waals surface area contributed by atoms with Crippen molar-refractivity contribution in [3.63, 3.8) is 0 Å². The molecule has 1 heterocycles. The number of esters is 4. The van der Waals surface area contributed by atoms with E-state index in [1.54, 1.807) is 0 Å². The predicted molar refractivity (Wildman–Crippen MR) is 142 cm³/mol. The number of benzene rings is 1. The lowest BCUT2D eigenvalue weighted by Gasteiger charge is -2.18. The van der Waals surface area contributed by atoms with Crippen molar-refractivity contribution in [1.29, 1.82) is 0 Å². The summed E-state index contributed by atoms with van der Waals surface area (Å²) >= 11 is 0. The summed E-state index contributed by atoms with van der Waals surface area (Å²) in [6.45, 7) is 0. The number of imide groups is 1. The molecule has 2 N–H and O–H groups in total. The molecule has 1 aromatic rings. The van der Waals surface area contributed by atoms with Gasteiger partial charge in [-0.3, -0.25) is 28.8 Å². The zero-order valence-electron chi connectivity index (χ0n) is 24.3. The molecule has 17 heteroatoms. The molecule has 0 bridgehead atoms. The van der Waals surface area contributed by atoms with E-state index in [0.717, 1.165) is 46.6 Å². The van der Waals surface area contributed by atoms with E-state index in [4.69, 9.17) is 4.84 Å². The second-order valence-corrected chi connectivity index (χ2v) is 9.09. The van der Waals surface area contributed by atoms with Crippen molar-refractivity contribution in [2.75, 3.05) is 28.4 Å². The number of methoxy groups -OCH3 is 4. The number of amides is 4. The molecule has 0 spiro atoms. The third-order valence-corrected chi connectivity index (χ3v) is 6.18. The lowest BCUT2D eigenvalue weighted by atomic mass is 10.0. The molecule has 0 aliphatic carbocycles. The first kappa shape index (κ1) is 34.8. The molecule has 0 saturated carbocycles. The van der Waals surface area contributed by atoms with Crippen LogP contribution in [-0.4, -0.2) is 99.1 Å². The maximum Gasteiger partial charge on any atom is 0.363 e. The smallest absolute Gasteiger partial charge is 0.363 e. The molecule has 0 radical (unpaired) electrons. The second kappa shape index (κ2) is 16.3. The van der Waals surface area contributed by atoms with Gasteiger partial charge in [0.25, 0.3) is 23.6 Å². The molecule has 1 aromatic carbocycles. The van der Waals surface area contributed by atoms with Crippen LogP contribution in [0.4, 0.5) is 0 Å². The Bertz CT molecular complexity index is 1250. The first-order valence-corrected chi connectivity index (χ1v) is 13.0. The second-order valence-electron chi connectivity index (χ2n) is 9.09. The summed E-state index contributed by atoms with van der Waals surface area (Å²) < 4.78 is 18.4. The minimum atomic E-state index is -1.35. The van der Waals surface area contributed by atoms with Crippen molar-refractivity contribution < 1.29 is 66.9 Å². The van der Waals surface area contributed by atoms with Crippen molar-refractivity contribution in [2.24, 2.45) is 0 Å². The highest BCUT2D eigenvalue weighted by Gasteiger charge is 2.34. The molecule has 238 valence electrons. The number of nitrogens with zero attached hydrogens (tertiary/aromatic N) is 1. The highest BCUT2D eigenvalue weighted by molar-refractivity contribution is 6.06. The van der Waals surface area contributed by atoms with Crippen molar-refractivity contribution in [3.05, 3.63) is 34.9 Å². The maximum atomic E-state index is 13.2. The van der Waals surface area contributed by atoms with E-state index in [1.807, 2.05) is 0 Å². The number of nitrogens with one attached hydrogen (secondary N) is 2. The summed E-state index contributed by atoms with van der Waals surface area (Å²) in [4.78, 5) is 116. The van der Waals surface area contributed by atoms with Gasteiger partial charge in [0.1, 0.15) is 12.1 Å². The Morgan fingerprint density at radius 3 is 1.41 bits per heavy atom. The first-order valence-electron chi connectivity index (χ1n) is 13.0. The van der Waals surface area contributed by atoms with E-state index in [-0.39, 0.29) is 54.7 Å². The van der Waals surface area contributed by atoms with Gasteiger partial charge in [0.2, 0.25) is 0 Å². The highest BCUT2D eigenvalue weighted by atomic mass is 16.7. The van der Waals surface area contributed by atoms with Gasteiger partial charge in [-0.15, -0.1) is 5.06 Å². The third-order valence-electron chi connectivity index (χ3n) is 6.18. The predicted octanol–water partition coefficient (Wildman–Crippen LogP) is -0.643. The molecule has 44 heavy (non-hydrogen) atoms. The fraction of sp³-hybridized carbons (Fsp3) is 0.444. The average Bonchev–Trinajstić information content (AvgIpc) is 3.35. The van der Waals surface area contributed by atoms with Gasteiger partial charge in [-0.1, -0.05) is 0 Å². The number of hydrogen-bond donors (Lipinski definition) is 2. The first-order chi connectivity index (χ1) is 20.8. The average molecular weight is 622 g/mol. The standard InChI is InChI=1S/C27H31N3O14/c1-40-21(33)9-5-17(26(38)42-3)28-23(35)14-11-15(24(36)29-18(27(39)43-4)6-10-22(34)41-2)13-16(12-14)25(37)44-30-19(31)7-8-20(30)32/h11-13,17-18H,5-10H2,1-4H3,(H,28,35)(H,29,36)/t17-,18-/m0/s1. The van der Waals surface area contributed by atoms with E-state index >= 15 is 0 Å². The Kier molecular flexibility index (Phi) is 12.9. The van der Waals surface area contributed by atoms with Crippen molar-refractivity contribution in [2.45, 2.75) is 50.6 Å².